The highest BCUT2D eigenvalue weighted by Crippen LogP contribution is 2.29. The number of carbonyl (C=O) groups is 1. The van der Waals surface area contributed by atoms with Crippen LogP contribution in [0.3, 0.4) is 0 Å². The number of hydrogen-bond acceptors (Lipinski definition) is 8. The van der Waals surface area contributed by atoms with Crippen molar-refractivity contribution in [2.75, 3.05) is 16.8 Å². The minimum Gasteiger partial charge on any atom is -0.325 e. The standard InChI is InChI=1S/C14H16N4O3S3/c1-9(2)7-22-13-16-17-14(24-13)23-8-12(19)15-10-3-5-11(6-4-10)18(20)21/h3-6,9H,7-8H2,1-2H3,(H,15,19). The van der Waals surface area contributed by atoms with Gasteiger partial charge in [-0.25, -0.2) is 0 Å². The highest BCUT2D eigenvalue weighted by Gasteiger charge is 2.10. The van der Waals surface area contributed by atoms with Gasteiger partial charge in [0, 0.05) is 23.6 Å². The Morgan fingerprint density at radius 2 is 1.88 bits per heavy atom. The van der Waals surface area contributed by atoms with Gasteiger partial charge in [0.1, 0.15) is 0 Å². The van der Waals surface area contributed by atoms with Crippen molar-refractivity contribution in [1.82, 2.24) is 10.2 Å². The lowest BCUT2D eigenvalue weighted by atomic mass is 10.3. The maximum absolute atomic E-state index is 11.9. The Hall–Kier alpha value is -1.65. The van der Waals surface area contributed by atoms with E-state index in [2.05, 4.69) is 29.4 Å². The summed E-state index contributed by atoms with van der Waals surface area (Å²) in [7, 11) is 0. The van der Waals surface area contributed by atoms with Crippen molar-refractivity contribution in [3.05, 3.63) is 34.4 Å². The summed E-state index contributed by atoms with van der Waals surface area (Å²) in [6, 6.07) is 5.72. The topological polar surface area (TPSA) is 98.0 Å². The molecular weight excluding hydrogens is 368 g/mol. The molecule has 0 unspecified atom stereocenters. The highest BCUT2D eigenvalue weighted by molar-refractivity contribution is 8.03. The number of rotatable bonds is 8. The highest BCUT2D eigenvalue weighted by atomic mass is 32.2. The molecule has 0 aliphatic rings. The summed E-state index contributed by atoms with van der Waals surface area (Å²) in [6.07, 6.45) is 0. The first-order valence-corrected chi connectivity index (χ1v) is 9.86. The van der Waals surface area contributed by atoms with E-state index in [1.54, 1.807) is 11.8 Å². The van der Waals surface area contributed by atoms with Crippen molar-refractivity contribution in [2.24, 2.45) is 5.92 Å². The lowest BCUT2D eigenvalue weighted by molar-refractivity contribution is -0.384. The molecule has 0 radical (unpaired) electrons. The van der Waals surface area contributed by atoms with Crippen molar-refractivity contribution >= 4 is 52.1 Å². The number of carbonyl (C=O) groups excluding carboxylic acids is 1. The van der Waals surface area contributed by atoms with Crippen molar-refractivity contribution in [1.29, 1.82) is 0 Å². The van der Waals surface area contributed by atoms with Crippen molar-refractivity contribution in [3.8, 4) is 0 Å². The summed E-state index contributed by atoms with van der Waals surface area (Å²) in [6.45, 7) is 4.29. The number of nitro benzene ring substituents is 1. The number of non-ortho nitro benzene ring substituents is 1. The summed E-state index contributed by atoms with van der Waals surface area (Å²) >= 11 is 4.47. The SMILES string of the molecule is CC(C)CSc1nnc(SCC(=O)Nc2ccc([N+](=O)[O-])cc2)s1. The number of anilines is 1. The largest absolute Gasteiger partial charge is 0.325 e. The molecule has 0 fully saturated rings. The predicted octanol–water partition coefficient (Wildman–Crippen LogP) is 3.93. The summed E-state index contributed by atoms with van der Waals surface area (Å²) in [4.78, 5) is 22.0. The molecule has 2 rings (SSSR count). The van der Waals surface area contributed by atoms with Crippen LogP contribution < -0.4 is 5.32 Å². The molecule has 0 aliphatic carbocycles. The van der Waals surface area contributed by atoms with Crippen LogP contribution >= 0.6 is 34.9 Å². The Morgan fingerprint density at radius 1 is 1.25 bits per heavy atom. The zero-order valence-corrected chi connectivity index (χ0v) is 15.5. The first-order valence-electron chi connectivity index (χ1n) is 7.07. The van der Waals surface area contributed by atoms with E-state index in [0.29, 0.717) is 11.6 Å². The second-order valence-electron chi connectivity index (χ2n) is 5.18. The molecule has 24 heavy (non-hydrogen) atoms. The third kappa shape index (κ3) is 6.10. The Balaban J connectivity index is 1.79. The molecule has 1 heterocycles. The number of nitro groups is 1. The second-order valence-corrected chi connectivity index (χ2v) is 8.65. The molecule has 1 aromatic carbocycles. The van der Waals surface area contributed by atoms with Crippen molar-refractivity contribution in [2.45, 2.75) is 22.5 Å². The minimum absolute atomic E-state index is 0.0114. The lowest BCUT2D eigenvalue weighted by Crippen LogP contribution is -2.13. The van der Waals surface area contributed by atoms with Crippen LogP contribution in [0.5, 0.6) is 0 Å². The number of benzene rings is 1. The Bertz CT molecular complexity index is 704. The van der Waals surface area contributed by atoms with Crippen LogP contribution in [0, 0.1) is 16.0 Å². The number of aromatic nitrogens is 2. The molecule has 0 aliphatic heterocycles. The van der Waals surface area contributed by atoms with Crippen LogP contribution in [-0.4, -0.2) is 32.5 Å². The maximum atomic E-state index is 11.9. The number of amides is 1. The van der Waals surface area contributed by atoms with Gasteiger partial charge in [-0.3, -0.25) is 14.9 Å². The van der Waals surface area contributed by atoms with Crippen LogP contribution in [-0.2, 0) is 4.79 Å². The van der Waals surface area contributed by atoms with E-state index < -0.39 is 4.92 Å². The third-order valence-corrected chi connectivity index (χ3v) is 6.23. The average Bonchev–Trinajstić information content (AvgIpc) is 2.99. The van der Waals surface area contributed by atoms with Crippen molar-refractivity contribution in [3.63, 3.8) is 0 Å². The van der Waals surface area contributed by atoms with Gasteiger partial charge >= 0.3 is 0 Å². The third-order valence-electron chi connectivity index (χ3n) is 2.62. The fraction of sp³-hybridized carbons (Fsp3) is 0.357. The van der Waals surface area contributed by atoms with Crippen molar-refractivity contribution < 1.29 is 9.72 Å². The summed E-state index contributed by atoms with van der Waals surface area (Å²) in [5, 5.41) is 21.4. The van der Waals surface area contributed by atoms with Gasteiger partial charge < -0.3 is 5.32 Å². The molecule has 2 aromatic rings. The zero-order valence-electron chi connectivity index (χ0n) is 13.1. The molecule has 0 saturated heterocycles. The van der Waals surface area contributed by atoms with E-state index in [1.807, 2.05) is 0 Å². The van der Waals surface area contributed by atoms with E-state index in [4.69, 9.17) is 0 Å². The van der Waals surface area contributed by atoms with E-state index in [1.165, 1.54) is 47.4 Å². The van der Waals surface area contributed by atoms with Gasteiger partial charge in [-0.15, -0.1) is 10.2 Å². The summed E-state index contributed by atoms with van der Waals surface area (Å²) < 4.78 is 1.65. The molecule has 1 N–H and O–H groups in total. The molecule has 1 aromatic heterocycles. The summed E-state index contributed by atoms with van der Waals surface area (Å²) in [5.74, 6) is 1.59. The van der Waals surface area contributed by atoms with Gasteiger partial charge in [0.05, 0.1) is 10.7 Å². The zero-order chi connectivity index (χ0) is 17.5. The average molecular weight is 385 g/mol. The molecule has 7 nitrogen and oxygen atoms in total. The van der Waals surface area contributed by atoms with Gasteiger partial charge in [0.15, 0.2) is 8.68 Å². The van der Waals surface area contributed by atoms with Gasteiger partial charge in [-0.05, 0) is 18.1 Å². The van der Waals surface area contributed by atoms with Crippen LogP contribution in [0.4, 0.5) is 11.4 Å². The van der Waals surface area contributed by atoms with E-state index >= 15 is 0 Å². The number of thioether (sulfide) groups is 2. The normalized spacial score (nSPS) is 10.8. The van der Waals surface area contributed by atoms with Gasteiger partial charge in [-0.1, -0.05) is 48.7 Å². The number of nitrogens with zero attached hydrogens (tertiary/aromatic N) is 3. The first-order chi connectivity index (χ1) is 11.4. The smallest absolute Gasteiger partial charge is 0.269 e. The Labute approximate surface area is 151 Å². The molecule has 0 saturated carbocycles. The first kappa shape index (κ1) is 18.7. The molecule has 0 spiro atoms. The summed E-state index contributed by atoms with van der Waals surface area (Å²) in [5.41, 5.74) is 0.513. The molecular formula is C14H16N4O3S3. The molecule has 128 valence electrons. The lowest BCUT2D eigenvalue weighted by Gasteiger charge is -2.03. The van der Waals surface area contributed by atoms with E-state index in [-0.39, 0.29) is 17.3 Å². The quantitative estimate of drug-likeness (QED) is 0.418. The maximum Gasteiger partial charge on any atom is 0.269 e. The molecule has 1 amide bonds. The second kappa shape index (κ2) is 9.00. The molecule has 10 heteroatoms. The fourth-order valence-electron chi connectivity index (χ4n) is 1.54. The van der Waals surface area contributed by atoms with Crippen LogP contribution in [0.15, 0.2) is 32.9 Å². The molecule has 0 atom stereocenters. The van der Waals surface area contributed by atoms with Crippen LogP contribution in [0.2, 0.25) is 0 Å². The number of nitrogens with one attached hydrogen (secondary N) is 1. The molecule has 0 bridgehead atoms. The predicted molar refractivity (Wildman–Crippen MR) is 97.9 cm³/mol. The minimum atomic E-state index is -0.480. The Kier molecular flexibility index (Phi) is 7.00. The number of hydrogen-bond donors (Lipinski definition) is 1. The van der Waals surface area contributed by atoms with Crippen LogP contribution in [0.1, 0.15) is 13.8 Å². The van der Waals surface area contributed by atoms with E-state index in [9.17, 15) is 14.9 Å². The van der Waals surface area contributed by atoms with E-state index in [0.717, 1.165) is 14.4 Å². The van der Waals surface area contributed by atoms with Crippen LogP contribution in [0.25, 0.3) is 0 Å². The van der Waals surface area contributed by atoms with Gasteiger partial charge in [-0.2, -0.15) is 0 Å². The fourth-order valence-corrected chi connectivity index (χ4v) is 4.34. The van der Waals surface area contributed by atoms with Gasteiger partial charge in [0.2, 0.25) is 5.91 Å². The monoisotopic (exact) mass is 384 g/mol. The Morgan fingerprint density at radius 3 is 2.46 bits per heavy atom. The van der Waals surface area contributed by atoms with Gasteiger partial charge in [0.25, 0.3) is 5.69 Å².